The van der Waals surface area contributed by atoms with Gasteiger partial charge < -0.3 is 10.3 Å². The molecule has 2 N–H and O–H groups in total. The molecule has 0 aliphatic carbocycles. The maximum absolute atomic E-state index is 11.6. The lowest BCUT2D eigenvalue weighted by Crippen LogP contribution is -2.07. The molecule has 4 nitrogen and oxygen atoms in total. The quantitative estimate of drug-likeness (QED) is 0.810. The van der Waals surface area contributed by atoms with Crippen LogP contribution in [0.25, 0.3) is 11.4 Å². The Kier molecular flexibility index (Phi) is 3.35. The van der Waals surface area contributed by atoms with Crippen molar-refractivity contribution in [2.45, 2.75) is 6.42 Å². The van der Waals surface area contributed by atoms with Crippen LogP contribution in [0.5, 0.6) is 0 Å². The zero-order valence-electron chi connectivity index (χ0n) is 9.76. The molecule has 0 aliphatic rings. The summed E-state index contributed by atoms with van der Waals surface area (Å²) in [7, 11) is 1.94. The minimum Gasteiger partial charge on any atom is -0.334 e. The molecule has 1 heterocycles. The Hall–Kier alpha value is -1.94. The molecule has 88 valence electrons. The molecule has 0 aliphatic heterocycles. The highest BCUT2D eigenvalue weighted by atomic mass is 16.1. The lowest BCUT2D eigenvalue weighted by atomic mass is 10.1. The molecule has 0 unspecified atom stereocenters. The number of carbonyl (C=O) groups is 1. The van der Waals surface area contributed by atoms with Crippen molar-refractivity contribution in [2.75, 3.05) is 6.54 Å². The third-order valence-corrected chi connectivity index (χ3v) is 2.66. The number of hydrogen-bond donors (Lipinski definition) is 1. The van der Waals surface area contributed by atoms with Crippen LogP contribution in [0.15, 0.2) is 36.7 Å². The molecule has 0 atom stereocenters. The molecule has 0 radical (unpaired) electrons. The normalized spacial score (nSPS) is 10.5. The summed E-state index contributed by atoms with van der Waals surface area (Å²) in [4.78, 5) is 15.9. The van der Waals surface area contributed by atoms with E-state index in [0.717, 1.165) is 11.4 Å². The second-order valence-electron chi connectivity index (χ2n) is 3.90. The van der Waals surface area contributed by atoms with Crippen molar-refractivity contribution in [2.24, 2.45) is 12.8 Å². The van der Waals surface area contributed by atoms with Crippen LogP contribution < -0.4 is 5.73 Å². The van der Waals surface area contributed by atoms with Gasteiger partial charge in [-0.3, -0.25) is 4.79 Å². The summed E-state index contributed by atoms with van der Waals surface area (Å²) in [6, 6.07) is 7.46. The van der Waals surface area contributed by atoms with E-state index in [2.05, 4.69) is 4.98 Å². The lowest BCUT2D eigenvalue weighted by molar-refractivity contribution is 0.0985. The number of Topliss-reactive ketones (excluding diaryl/α,β-unsaturated/α-hetero) is 1. The first-order valence-corrected chi connectivity index (χ1v) is 5.53. The number of rotatable bonds is 4. The van der Waals surface area contributed by atoms with E-state index in [0.29, 0.717) is 18.5 Å². The van der Waals surface area contributed by atoms with E-state index in [-0.39, 0.29) is 5.78 Å². The number of nitrogens with zero attached hydrogens (tertiary/aromatic N) is 2. The summed E-state index contributed by atoms with van der Waals surface area (Å²) in [5.74, 6) is 0.974. The van der Waals surface area contributed by atoms with Crippen molar-refractivity contribution in [3.8, 4) is 11.4 Å². The predicted octanol–water partition coefficient (Wildman–Crippen LogP) is 1.62. The second kappa shape index (κ2) is 4.93. The number of aromatic nitrogens is 2. The molecule has 0 saturated carbocycles. The monoisotopic (exact) mass is 229 g/mol. The minimum atomic E-state index is 0.0823. The van der Waals surface area contributed by atoms with E-state index < -0.39 is 0 Å². The highest BCUT2D eigenvalue weighted by Gasteiger charge is 2.06. The van der Waals surface area contributed by atoms with E-state index >= 15 is 0 Å². The fraction of sp³-hybridized carbons (Fsp3) is 0.231. The van der Waals surface area contributed by atoms with Crippen molar-refractivity contribution >= 4 is 5.78 Å². The highest BCUT2D eigenvalue weighted by Crippen LogP contribution is 2.17. The summed E-state index contributed by atoms with van der Waals surface area (Å²) in [5.41, 5.74) is 7.06. The maximum atomic E-state index is 11.6. The molecule has 17 heavy (non-hydrogen) atoms. The van der Waals surface area contributed by atoms with E-state index in [1.807, 2.05) is 42.1 Å². The van der Waals surface area contributed by atoms with Gasteiger partial charge in [-0.05, 0) is 6.54 Å². The number of nitrogens with two attached hydrogens (primary N) is 1. The Balaban J connectivity index is 2.25. The summed E-state index contributed by atoms with van der Waals surface area (Å²) in [5, 5.41) is 0. The molecule has 0 bridgehead atoms. The van der Waals surface area contributed by atoms with Crippen LogP contribution in [-0.2, 0) is 7.05 Å². The van der Waals surface area contributed by atoms with E-state index in [1.54, 1.807) is 6.20 Å². The van der Waals surface area contributed by atoms with Crippen LogP contribution in [0.2, 0.25) is 0 Å². The molecule has 0 saturated heterocycles. The average Bonchev–Trinajstić information content (AvgIpc) is 2.76. The molecule has 0 fully saturated rings. The van der Waals surface area contributed by atoms with Crippen molar-refractivity contribution in [3.05, 3.63) is 42.2 Å². The Morgan fingerprint density at radius 2 is 2.06 bits per heavy atom. The molecular formula is C13H15N3O. The van der Waals surface area contributed by atoms with Crippen LogP contribution in [0.4, 0.5) is 0 Å². The molecule has 2 rings (SSSR count). The zero-order valence-corrected chi connectivity index (χ0v) is 9.76. The Morgan fingerprint density at radius 3 is 2.59 bits per heavy atom. The minimum absolute atomic E-state index is 0.0823. The topological polar surface area (TPSA) is 60.9 Å². The number of benzene rings is 1. The number of carbonyl (C=O) groups excluding carboxylic acids is 1. The number of hydrogen-bond acceptors (Lipinski definition) is 3. The molecule has 2 aromatic rings. The van der Waals surface area contributed by atoms with Gasteiger partial charge in [0.25, 0.3) is 0 Å². The van der Waals surface area contributed by atoms with E-state index in [9.17, 15) is 4.79 Å². The van der Waals surface area contributed by atoms with Gasteiger partial charge in [0.05, 0.1) is 0 Å². The van der Waals surface area contributed by atoms with Gasteiger partial charge in [0.1, 0.15) is 5.82 Å². The largest absolute Gasteiger partial charge is 0.334 e. The van der Waals surface area contributed by atoms with Gasteiger partial charge in [-0.1, -0.05) is 24.3 Å². The van der Waals surface area contributed by atoms with Gasteiger partial charge in [-0.2, -0.15) is 0 Å². The molecular weight excluding hydrogens is 214 g/mol. The fourth-order valence-corrected chi connectivity index (χ4v) is 1.72. The van der Waals surface area contributed by atoms with Crippen LogP contribution in [0.1, 0.15) is 16.8 Å². The van der Waals surface area contributed by atoms with Crippen LogP contribution in [-0.4, -0.2) is 21.9 Å². The molecule has 4 heteroatoms. The summed E-state index contributed by atoms with van der Waals surface area (Å²) < 4.78 is 1.94. The average molecular weight is 229 g/mol. The Morgan fingerprint density at radius 1 is 1.35 bits per heavy atom. The second-order valence-corrected chi connectivity index (χ2v) is 3.90. The van der Waals surface area contributed by atoms with Crippen LogP contribution in [0, 0.1) is 0 Å². The summed E-state index contributed by atoms with van der Waals surface area (Å²) in [6.45, 7) is 0.389. The molecule has 0 amide bonds. The standard InChI is InChI=1S/C13H15N3O/c1-16-9-8-15-13(16)11-4-2-10(3-5-11)12(17)6-7-14/h2-5,8-9H,6-7,14H2,1H3. The zero-order chi connectivity index (χ0) is 12.3. The van der Waals surface area contributed by atoms with Crippen LogP contribution in [0.3, 0.4) is 0 Å². The van der Waals surface area contributed by atoms with Crippen LogP contribution >= 0.6 is 0 Å². The maximum Gasteiger partial charge on any atom is 0.164 e. The van der Waals surface area contributed by atoms with Gasteiger partial charge >= 0.3 is 0 Å². The highest BCUT2D eigenvalue weighted by molar-refractivity contribution is 5.96. The van der Waals surface area contributed by atoms with Crippen molar-refractivity contribution in [3.63, 3.8) is 0 Å². The summed E-state index contributed by atoms with van der Waals surface area (Å²) >= 11 is 0. The first kappa shape index (κ1) is 11.5. The SMILES string of the molecule is Cn1ccnc1-c1ccc(C(=O)CCN)cc1. The van der Waals surface area contributed by atoms with Crippen molar-refractivity contribution in [1.29, 1.82) is 0 Å². The van der Waals surface area contributed by atoms with Gasteiger partial charge in [0.2, 0.25) is 0 Å². The van der Waals surface area contributed by atoms with Crippen molar-refractivity contribution in [1.82, 2.24) is 9.55 Å². The van der Waals surface area contributed by atoms with Gasteiger partial charge in [0.15, 0.2) is 5.78 Å². The molecule has 1 aromatic heterocycles. The van der Waals surface area contributed by atoms with Gasteiger partial charge in [-0.25, -0.2) is 4.98 Å². The third-order valence-electron chi connectivity index (χ3n) is 2.66. The first-order valence-electron chi connectivity index (χ1n) is 5.53. The van der Waals surface area contributed by atoms with Gasteiger partial charge in [0, 0.05) is 37.0 Å². The molecule has 0 spiro atoms. The van der Waals surface area contributed by atoms with E-state index in [1.165, 1.54) is 0 Å². The van der Waals surface area contributed by atoms with Crippen molar-refractivity contribution < 1.29 is 4.79 Å². The van der Waals surface area contributed by atoms with Gasteiger partial charge in [-0.15, -0.1) is 0 Å². The fourth-order valence-electron chi connectivity index (χ4n) is 1.72. The first-order chi connectivity index (χ1) is 8.22. The Bertz CT molecular complexity index is 514. The van der Waals surface area contributed by atoms with E-state index in [4.69, 9.17) is 5.73 Å². The molecule has 1 aromatic carbocycles. The Labute approximate surface area is 100 Å². The summed E-state index contributed by atoms with van der Waals surface area (Å²) in [6.07, 6.45) is 4.04. The predicted molar refractivity (Wildman–Crippen MR) is 66.6 cm³/mol. The lowest BCUT2D eigenvalue weighted by Gasteiger charge is -2.03. The smallest absolute Gasteiger partial charge is 0.164 e. The number of imidazole rings is 1. The number of aryl methyl sites for hydroxylation is 1. The third kappa shape index (κ3) is 2.42. The number of ketones is 1.